The normalized spacial score (nSPS) is 19.0. The van der Waals surface area contributed by atoms with Gasteiger partial charge in [0.1, 0.15) is 5.75 Å². The maximum atomic E-state index is 12.7. The van der Waals surface area contributed by atoms with Crippen LogP contribution in [-0.4, -0.2) is 69.2 Å². The molecule has 1 atom stereocenters. The number of piperidine rings is 1. The number of methoxy groups -OCH3 is 1. The Morgan fingerprint density at radius 2 is 1.88 bits per heavy atom. The summed E-state index contributed by atoms with van der Waals surface area (Å²) < 4.78 is 32.3. The first-order valence-corrected chi connectivity index (χ1v) is 9.71. The number of hydrogen-bond donors (Lipinski definition) is 0. The Bertz CT molecular complexity index is 688. The first-order chi connectivity index (χ1) is 11.8. The third-order valence-electron chi connectivity index (χ3n) is 4.48. The Balaban J connectivity index is 2.00. The molecule has 140 valence electrons. The Kier molecular flexibility index (Phi) is 6.42. The van der Waals surface area contributed by atoms with Crippen LogP contribution in [0.15, 0.2) is 24.3 Å². The second-order valence-corrected chi connectivity index (χ2v) is 8.67. The Hall–Kier alpha value is -1.64. The van der Waals surface area contributed by atoms with E-state index in [9.17, 15) is 13.2 Å². The topological polar surface area (TPSA) is 70.2 Å². The van der Waals surface area contributed by atoms with Gasteiger partial charge in [0.15, 0.2) is 0 Å². The molecule has 1 aliphatic heterocycles. The molecule has 2 rings (SSSR count). The number of carbonyl (C=O) groups is 1. The molecule has 8 heteroatoms. The summed E-state index contributed by atoms with van der Waals surface area (Å²) in [5, 5.41) is 0. The van der Waals surface area contributed by atoms with Crippen LogP contribution in [0.4, 0.5) is 0 Å². The summed E-state index contributed by atoms with van der Waals surface area (Å²) >= 11 is 0. The van der Waals surface area contributed by atoms with E-state index in [-0.39, 0.29) is 18.4 Å². The second kappa shape index (κ2) is 8.16. The highest BCUT2D eigenvalue weighted by Gasteiger charge is 2.34. The number of ether oxygens (including phenoxy) is 1. The highest BCUT2D eigenvalue weighted by molar-refractivity contribution is 7.86. The first kappa shape index (κ1) is 19.7. The van der Waals surface area contributed by atoms with E-state index >= 15 is 0 Å². The molecular weight excluding hydrogens is 342 g/mol. The molecule has 7 nitrogen and oxygen atoms in total. The Morgan fingerprint density at radius 3 is 2.44 bits per heavy atom. The minimum Gasteiger partial charge on any atom is -0.497 e. The average molecular weight is 369 g/mol. The van der Waals surface area contributed by atoms with Gasteiger partial charge in [-0.25, -0.2) is 0 Å². The number of hydrogen-bond acceptors (Lipinski definition) is 4. The van der Waals surface area contributed by atoms with Gasteiger partial charge in [-0.1, -0.05) is 12.1 Å². The molecule has 1 aliphatic rings. The van der Waals surface area contributed by atoms with Gasteiger partial charge in [-0.3, -0.25) is 4.79 Å². The van der Waals surface area contributed by atoms with E-state index in [1.165, 1.54) is 22.7 Å². The summed E-state index contributed by atoms with van der Waals surface area (Å²) in [6, 6.07) is 7.57. The van der Waals surface area contributed by atoms with Gasteiger partial charge in [0.05, 0.1) is 13.0 Å². The van der Waals surface area contributed by atoms with Crippen LogP contribution in [0.25, 0.3) is 0 Å². The van der Waals surface area contributed by atoms with Crippen LogP contribution in [0.3, 0.4) is 0 Å². The number of amides is 1. The van der Waals surface area contributed by atoms with Gasteiger partial charge >= 0.3 is 0 Å². The smallest absolute Gasteiger partial charge is 0.281 e. The van der Waals surface area contributed by atoms with E-state index in [2.05, 4.69) is 0 Å². The lowest BCUT2D eigenvalue weighted by Crippen LogP contribution is -2.48. The number of rotatable bonds is 6. The lowest BCUT2D eigenvalue weighted by atomic mass is 9.98. The highest BCUT2D eigenvalue weighted by Crippen LogP contribution is 2.22. The van der Waals surface area contributed by atoms with Gasteiger partial charge in [0.2, 0.25) is 5.91 Å². The SMILES string of the molecule is COc1ccc(CN(C)C(=O)[C@H]2CCCN(S(=O)(=O)N(C)C)C2)cc1. The number of benzene rings is 1. The summed E-state index contributed by atoms with van der Waals surface area (Å²) in [4.78, 5) is 14.4. The summed E-state index contributed by atoms with van der Waals surface area (Å²) in [5.41, 5.74) is 1.00. The predicted molar refractivity (Wildman–Crippen MR) is 96.4 cm³/mol. The molecule has 0 N–H and O–H groups in total. The zero-order valence-corrected chi connectivity index (χ0v) is 16.1. The Morgan fingerprint density at radius 1 is 1.24 bits per heavy atom. The van der Waals surface area contributed by atoms with Crippen LogP contribution in [0.2, 0.25) is 0 Å². The van der Waals surface area contributed by atoms with Gasteiger partial charge in [-0.15, -0.1) is 0 Å². The van der Waals surface area contributed by atoms with Gasteiger partial charge < -0.3 is 9.64 Å². The Labute approximate surface area is 150 Å². The number of nitrogens with zero attached hydrogens (tertiary/aromatic N) is 3. The molecule has 1 aromatic rings. The fourth-order valence-corrected chi connectivity index (χ4v) is 4.17. The maximum absolute atomic E-state index is 12.7. The first-order valence-electron chi connectivity index (χ1n) is 8.31. The van der Waals surface area contributed by atoms with E-state index in [1.54, 1.807) is 19.1 Å². The van der Waals surface area contributed by atoms with Crippen molar-refractivity contribution in [1.82, 2.24) is 13.5 Å². The summed E-state index contributed by atoms with van der Waals surface area (Å²) in [6.45, 7) is 1.19. The molecule has 0 spiro atoms. The maximum Gasteiger partial charge on any atom is 0.281 e. The van der Waals surface area contributed by atoms with Gasteiger partial charge in [0.25, 0.3) is 10.2 Å². The van der Waals surface area contributed by atoms with Crippen molar-refractivity contribution in [3.05, 3.63) is 29.8 Å². The minimum absolute atomic E-state index is 0.0190. The molecule has 1 fully saturated rings. The largest absolute Gasteiger partial charge is 0.497 e. The van der Waals surface area contributed by atoms with Crippen molar-refractivity contribution in [1.29, 1.82) is 0 Å². The summed E-state index contributed by atoms with van der Waals surface area (Å²) in [7, 11) is 2.91. The van der Waals surface area contributed by atoms with E-state index in [0.717, 1.165) is 11.3 Å². The molecule has 25 heavy (non-hydrogen) atoms. The fourth-order valence-electron chi connectivity index (χ4n) is 2.98. The monoisotopic (exact) mass is 369 g/mol. The predicted octanol–water partition coefficient (Wildman–Crippen LogP) is 1.17. The van der Waals surface area contributed by atoms with Crippen LogP contribution in [0.1, 0.15) is 18.4 Å². The molecule has 0 radical (unpaired) electrons. The number of carbonyl (C=O) groups excluding carboxylic acids is 1. The van der Waals surface area contributed by atoms with Crippen molar-refractivity contribution in [2.45, 2.75) is 19.4 Å². The summed E-state index contributed by atoms with van der Waals surface area (Å²) in [6.07, 6.45) is 1.41. The average Bonchev–Trinajstić information content (AvgIpc) is 2.61. The lowest BCUT2D eigenvalue weighted by molar-refractivity contribution is -0.135. The summed E-state index contributed by atoms with van der Waals surface area (Å²) in [5.74, 6) is 0.454. The lowest BCUT2D eigenvalue weighted by Gasteiger charge is -2.34. The highest BCUT2D eigenvalue weighted by atomic mass is 32.2. The van der Waals surface area contributed by atoms with E-state index in [4.69, 9.17) is 4.74 Å². The second-order valence-electron chi connectivity index (χ2n) is 6.53. The van der Waals surface area contributed by atoms with Crippen molar-refractivity contribution in [2.24, 2.45) is 5.92 Å². The van der Waals surface area contributed by atoms with Crippen molar-refractivity contribution in [2.75, 3.05) is 41.3 Å². The van der Waals surface area contributed by atoms with Gasteiger partial charge in [-0.2, -0.15) is 17.0 Å². The van der Waals surface area contributed by atoms with E-state index in [0.29, 0.717) is 25.9 Å². The molecule has 0 aliphatic carbocycles. The van der Waals surface area contributed by atoms with Crippen molar-refractivity contribution in [3.8, 4) is 5.75 Å². The van der Waals surface area contributed by atoms with Gasteiger partial charge in [0, 0.05) is 40.8 Å². The van der Waals surface area contributed by atoms with Gasteiger partial charge in [-0.05, 0) is 30.5 Å². The van der Waals surface area contributed by atoms with Crippen molar-refractivity contribution < 1.29 is 17.9 Å². The van der Waals surface area contributed by atoms with E-state index in [1.807, 2.05) is 24.3 Å². The molecule has 0 saturated carbocycles. The van der Waals surface area contributed by atoms with Crippen molar-refractivity contribution >= 4 is 16.1 Å². The zero-order valence-electron chi connectivity index (χ0n) is 15.3. The molecule has 0 aromatic heterocycles. The molecule has 1 saturated heterocycles. The standard InChI is InChI=1S/C17H27N3O4S/c1-18(2)25(22,23)20-11-5-6-15(13-20)17(21)19(3)12-14-7-9-16(24-4)10-8-14/h7-10,15H,5-6,11-13H2,1-4H3/t15-/m0/s1. The molecule has 1 amide bonds. The molecule has 1 aromatic carbocycles. The third kappa shape index (κ3) is 4.71. The van der Waals surface area contributed by atoms with Crippen LogP contribution in [0, 0.1) is 5.92 Å². The minimum atomic E-state index is -3.48. The third-order valence-corrected chi connectivity index (χ3v) is 6.38. The van der Waals surface area contributed by atoms with E-state index < -0.39 is 10.2 Å². The zero-order chi connectivity index (χ0) is 18.6. The van der Waals surface area contributed by atoms with Crippen LogP contribution >= 0.6 is 0 Å². The molecule has 0 bridgehead atoms. The quantitative estimate of drug-likeness (QED) is 0.755. The van der Waals surface area contributed by atoms with Crippen LogP contribution in [-0.2, 0) is 21.5 Å². The van der Waals surface area contributed by atoms with Crippen LogP contribution < -0.4 is 4.74 Å². The molecular formula is C17H27N3O4S. The molecule has 0 unspecified atom stereocenters. The van der Waals surface area contributed by atoms with Crippen LogP contribution in [0.5, 0.6) is 5.75 Å². The molecule has 1 heterocycles. The fraction of sp³-hybridized carbons (Fsp3) is 0.588. The van der Waals surface area contributed by atoms with Crippen molar-refractivity contribution in [3.63, 3.8) is 0 Å².